The Morgan fingerprint density at radius 1 is 1.47 bits per heavy atom. The van der Waals surface area contributed by atoms with Crippen molar-refractivity contribution < 1.29 is 0 Å². The normalized spacial score (nSPS) is 22.5. The quantitative estimate of drug-likeness (QED) is 0.842. The summed E-state index contributed by atoms with van der Waals surface area (Å²) in [5.74, 6) is 0.714. The lowest BCUT2D eigenvalue weighted by Gasteiger charge is -2.24. The van der Waals surface area contributed by atoms with Crippen LogP contribution in [0.1, 0.15) is 6.92 Å². The zero-order valence-electron chi connectivity index (χ0n) is 9.04. The highest BCUT2D eigenvalue weighted by Crippen LogP contribution is 2.21. The molecule has 2 nitrogen and oxygen atoms in total. The molecule has 0 aliphatic carbocycles. The monoisotopic (exact) mass is 268 g/mol. The Hall–Kier alpha value is -0.540. The first-order valence-electron chi connectivity index (χ1n) is 5.47. The highest BCUT2D eigenvalue weighted by atomic mass is 79.9. The van der Waals surface area contributed by atoms with Crippen molar-refractivity contribution in [2.75, 3.05) is 31.1 Å². The second-order valence-corrected chi connectivity index (χ2v) is 5.15. The summed E-state index contributed by atoms with van der Waals surface area (Å²) in [6.07, 6.45) is 0. The van der Waals surface area contributed by atoms with Gasteiger partial charge in [-0.15, -0.1) is 0 Å². The van der Waals surface area contributed by atoms with Crippen molar-refractivity contribution in [2.45, 2.75) is 6.92 Å². The molecule has 15 heavy (non-hydrogen) atoms. The Morgan fingerprint density at radius 2 is 2.33 bits per heavy atom. The molecule has 1 aliphatic heterocycles. The van der Waals surface area contributed by atoms with Crippen LogP contribution in [-0.2, 0) is 0 Å². The van der Waals surface area contributed by atoms with Gasteiger partial charge in [-0.05, 0) is 30.7 Å². The van der Waals surface area contributed by atoms with E-state index >= 15 is 0 Å². The molecule has 1 atom stereocenters. The van der Waals surface area contributed by atoms with Crippen LogP contribution in [0.2, 0.25) is 0 Å². The Bertz CT molecular complexity index is 327. The Balaban J connectivity index is 2.14. The number of nitrogens with zero attached hydrogens (tertiary/aromatic N) is 1. The third kappa shape index (κ3) is 2.95. The van der Waals surface area contributed by atoms with E-state index in [2.05, 4.69) is 57.3 Å². The molecule has 1 N–H and O–H groups in total. The largest absolute Gasteiger partial charge is 0.370 e. The molecule has 0 aromatic heterocycles. The number of benzene rings is 1. The van der Waals surface area contributed by atoms with E-state index < -0.39 is 0 Å². The molecule has 0 amide bonds. The summed E-state index contributed by atoms with van der Waals surface area (Å²) in [4.78, 5) is 2.45. The Kier molecular flexibility index (Phi) is 3.65. The van der Waals surface area contributed by atoms with Crippen molar-refractivity contribution in [3.63, 3.8) is 0 Å². The second kappa shape index (κ2) is 4.99. The maximum absolute atomic E-state index is 3.52. The first kappa shape index (κ1) is 11.0. The molecule has 1 aromatic carbocycles. The van der Waals surface area contributed by atoms with Crippen LogP contribution in [0.5, 0.6) is 0 Å². The van der Waals surface area contributed by atoms with Crippen LogP contribution in [0.25, 0.3) is 0 Å². The van der Waals surface area contributed by atoms with Crippen LogP contribution >= 0.6 is 15.9 Å². The van der Waals surface area contributed by atoms with E-state index in [1.807, 2.05) is 0 Å². The number of hydrogen-bond acceptors (Lipinski definition) is 2. The third-order valence-electron chi connectivity index (χ3n) is 2.76. The molecule has 1 aromatic rings. The molecule has 2 rings (SSSR count). The molecule has 0 radical (unpaired) electrons. The van der Waals surface area contributed by atoms with Crippen LogP contribution in [0.3, 0.4) is 0 Å². The van der Waals surface area contributed by atoms with Gasteiger partial charge >= 0.3 is 0 Å². The fourth-order valence-corrected chi connectivity index (χ4v) is 2.39. The van der Waals surface area contributed by atoms with Crippen molar-refractivity contribution in [2.24, 2.45) is 5.92 Å². The summed E-state index contributed by atoms with van der Waals surface area (Å²) in [6.45, 7) is 6.74. The summed E-state index contributed by atoms with van der Waals surface area (Å²) in [5, 5.41) is 3.46. The highest BCUT2D eigenvalue weighted by molar-refractivity contribution is 9.10. The minimum atomic E-state index is 0.714. The number of nitrogens with one attached hydrogen (secondary N) is 1. The predicted molar refractivity (Wildman–Crippen MR) is 68.4 cm³/mol. The first-order valence-corrected chi connectivity index (χ1v) is 6.26. The summed E-state index contributed by atoms with van der Waals surface area (Å²) in [6, 6.07) is 8.55. The van der Waals surface area contributed by atoms with E-state index in [9.17, 15) is 0 Å². The molecule has 3 heteroatoms. The maximum Gasteiger partial charge on any atom is 0.0378 e. The molecule has 0 spiro atoms. The molecule has 1 unspecified atom stereocenters. The van der Waals surface area contributed by atoms with E-state index in [1.54, 1.807) is 0 Å². The zero-order chi connectivity index (χ0) is 10.7. The summed E-state index contributed by atoms with van der Waals surface area (Å²) in [5.41, 5.74) is 1.32. The molecule has 1 heterocycles. The van der Waals surface area contributed by atoms with E-state index in [0.29, 0.717) is 5.92 Å². The van der Waals surface area contributed by atoms with E-state index in [-0.39, 0.29) is 0 Å². The number of halogens is 1. The maximum atomic E-state index is 3.52. The number of rotatable bonds is 1. The lowest BCUT2D eigenvalue weighted by Crippen LogP contribution is -2.29. The van der Waals surface area contributed by atoms with Crippen molar-refractivity contribution in [1.29, 1.82) is 0 Å². The molecule has 1 saturated heterocycles. The third-order valence-corrected chi connectivity index (χ3v) is 3.25. The van der Waals surface area contributed by atoms with Gasteiger partial charge in [-0.2, -0.15) is 0 Å². The van der Waals surface area contributed by atoms with Crippen LogP contribution < -0.4 is 10.2 Å². The average Bonchev–Trinajstić information content (AvgIpc) is 2.43. The SMILES string of the molecule is CC1CNCCN(c2cccc(Br)c2)C1. The van der Waals surface area contributed by atoms with Crippen molar-refractivity contribution in [1.82, 2.24) is 5.32 Å². The molecule has 82 valence electrons. The van der Waals surface area contributed by atoms with Crippen molar-refractivity contribution in [3.05, 3.63) is 28.7 Å². The molecule has 0 saturated carbocycles. The number of anilines is 1. The van der Waals surface area contributed by atoms with Crippen molar-refractivity contribution in [3.8, 4) is 0 Å². The van der Waals surface area contributed by atoms with Gasteiger partial charge in [0.2, 0.25) is 0 Å². The fourth-order valence-electron chi connectivity index (χ4n) is 2.00. The van der Waals surface area contributed by atoms with Gasteiger partial charge in [0.25, 0.3) is 0 Å². The molecule has 0 bridgehead atoms. The molecule has 1 aliphatic rings. The summed E-state index contributed by atoms with van der Waals surface area (Å²) < 4.78 is 1.16. The smallest absolute Gasteiger partial charge is 0.0378 e. The first-order chi connectivity index (χ1) is 7.25. The molecular weight excluding hydrogens is 252 g/mol. The summed E-state index contributed by atoms with van der Waals surface area (Å²) in [7, 11) is 0. The van der Waals surface area contributed by atoms with Gasteiger partial charge in [-0.25, -0.2) is 0 Å². The van der Waals surface area contributed by atoms with Gasteiger partial charge < -0.3 is 10.2 Å². The molecule has 1 fully saturated rings. The molecular formula is C12H17BrN2. The van der Waals surface area contributed by atoms with Gasteiger partial charge in [0.05, 0.1) is 0 Å². The average molecular weight is 269 g/mol. The van der Waals surface area contributed by atoms with Crippen LogP contribution in [0, 0.1) is 5.92 Å². The Labute approximate surface area is 99.8 Å². The fraction of sp³-hybridized carbons (Fsp3) is 0.500. The topological polar surface area (TPSA) is 15.3 Å². The van der Waals surface area contributed by atoms with E-state index in [1.165, 1.54) is 5.69 Å². The van der Waals surface area contributed by atoms with Gasteiger partial charge in [-0.3, -0.25) is 0 Å². The van der Waals surface area contributed by atoms with Crippen LogP contribution in [0.15, 0.2) is 28.7 Å². The Morgan fingerprint density at radius 3 is 3.13 bits per heavy atom. The standard InChI is InChI=1S/C12H17BrN2/c1-10-8-14-5-6-15(9-10)12-4-2-3-11(13)7-12/h2-4,7,10,14H,5-6,8-9H2,1H3. The van der Waals surface area contributed by atoms with Crippen LogP contribution in [0.4, 0.5) is 5.69 Å². The van der Waals surface area contributed by atoms with Gasteiger partial charge in [0.1, 0.15) is 0 Å². The van der Waals surface area contributed by atoms with Crippen LogP contribution in [-0.4, -0.2) is 26.2 Å². The van der Waals surface area contributed by atoms with Gasteiger partial charge in [0, 0.05) is 29.8 Å². The van der Waals surface area contributed by atoms with E-state index in [0.717, 1.165) is 30.7 Å². The van der Waals surface area contributed by atoms with Gasteiger partial charge in [-0.1, -0.05) is 28.9 Å². The second-order valence-electron chi connectivity index (χ2n) is 4.24. The lowest BCUT2D eigenvalue weighted by molar-refractivity contribution is 0.564. The predicted octanol–water partition coefficient (Wildman–Crippen LogP) is 2.49. The van der Waals surface area contributed by atoms with Crippen molar-refractivity contribution >= 4 is 21.6 Å². The highest BCUT2D eigenvalue weighted by Gasteiger charge is 2.14. The summed E-state index contributed by atoms with van der Waals surface area (Å²) >= 11 is 3.52. The minimum absolute atomic E-state index is 0.714. The van der Waals surface area contributed by atoms with E-state index in [4.69, 9.17) is 0 Å². The number of hydrogen-bond donors (Lipinski definition) is 1. The lowest BCUT2D eigenvalue weighted by atomic mass is 10.1. The minimum Gasteiger partial charge on any atom is -0.370 e. The van der Waals surface area contributed by atoms with Gasteiger partial charge in [0.15, 0.2) is 0 Å². The zero-order valence-corrected chi connectivity index (χ0v) is 10.6.